The maximum Gasteiger partial charge on any atom is 0.244 e. The van der Waals surface area contributed by atoms with Crippen LogP contribution in [-0.4, -0.2) is 42.8 Å². The second-order valence-electron chi connectivity index (χ2n) is 5.60. The number of hydrogen-bond acceptors (Lipinski definition) is 5. The van der Waals surface area contributed by atoms with Gasteiger partial charge in [-0.15, -0.1) is 0 Å². The van der Waals surface area contributed by atoms with Crippen molar-refractivity contribution in [2.75, 3.05) is 18.4 Å². The average molecular weight is 371 g/mol. The molecule has 2 amide bonds. The first-order valence-electron chi connectivity index (χ1n) is 8.12. The average Bonchev–Trinajstić information content (AvgIpc) is 2.57. The van der Waals surface area contributed by atoms with Crippen LogP contribution >= 0.6 is 0 Å². The fraction of sp³-hybridized carbons (Fsp3) is 0.500. The van der Waals surface area contributed by atoms with Gasteiger partial charge in [0, 0.05) is 32.1 Å². The Morgan fingerprint density at radius 3 is 2.28 bits per heavy atom. The maximum atomic E-state index is 12.8. The molecule has 1 aromatic carbocycles. The molecule has 3 N–H and O–H groups in total. The quantitative estimate of drug-likeness (QED) is 0.329. The number of amides is 2. The molecule has 9 heteroatoms. The first kappa shape index (κ1) is 21.1. The van der Waals surface area contributed by atoms with Crippen molar-refractivity contribution >= 4 is 27.5 Å². The molecule has 0 saturated heterocycles. The van der Waals surface area contributed by atoms with Gasteiger partial charge in [0.05, 0.1) is 4.90 Å². The van der Waals surface area contributed by atoms with Gasteiger partial charge >= 0.3 is 0 Å². The first-order valence-corrected chi connectivity index (χ1v) is 9.56. The number of hydroxylamine groups is 1. The van der Waals surface area contributed by atoms with Gasteiger partial charge < -0.3 is 5.32 Å². The number of benzene rings is 1. The standard InChI is InChI=1S/C16H25N3O5S/c1-3-4-5-11-19(12-10-16(21)18-22)25(23,24)15-8-6-14(7-9-15)17-13(2)20/h6-9,22H,3-5,10-12H2,1-2H3,(H,17,20)(H,18,21). The smallest absolute Gasteiger partial charge is 0.244 e. The Morgan fingerprint density at radius 1 is 1.12 bits per heavy atom. The number of sulfonamides is 1. The molecule has 0 aliphatic carbocycles. The Labute approximate surface area is 148 Å². The number of nitrogens with one attached hydrogen (secondary N) is 2. The fourth-order valence-electron chi connectivity index (χ4n) is 2.24. The Morgan fingerprint density at radius 2 is 1.76 bits per heavy atom. The highest BCUT2D eigenvalue weighted by atomic mass is 32.2. The summed E-state index contributed by atoms with van der Waals surface area (Å²) in [4.78, 5) is 22.4. The minimum Gasteiger partial charge on any atom is -0.326 e. The summed E-state index contributed by atoms with van der Waals surface area (Å²) in [6.45, 7) is 3.65. The third kappa shape index (κ3) is 6.81. The van der Waals surface area contributed by atoms with Crippen molar-refractivity contribution in [1.82, 2.24) is 9.79 Å². The Balaban J connectivity index is 2.95. The largest absolute Gasteiger partial charge is 0.326 e. The number of anilines is 1. The van der Waals surface area contributed by atoms with Crippen LogP contribution in [0.1, 0.15) is 39.5 Å². The van der Waals surface area contributed by atoms with E-state index in [1.165, 1.54) is 41.0 Å². The lowest BCUT2D eigenvalue weighted by atomic mass is 10.2. The van der Waals surface area contributed by atoms with E-state index >= 15 is 0 Å². The summed E-state index contributed by atoms with van der Waals surface area (Å²) in [6, 6.07) is 5.86. The highest BCUT2D eigenvalue weighted by molar-refractivity contribution is 7.89. The molecule has 0 radical (unpaired) electrons. The van der Waals surface area contributed by atoms with Crippen LogP contribution < -0.4 is 10.8 Å². The zero-order valence-electron chi connectivity index (χ0n) is 14.5. The van der Waals surface area contributed by atoms with Gasteiger partial charge in [0.15, 0.2) is 0 Å². The highest BCUT2D eigenvalue weighted by Crippen LogP contribution is 2.19. The SMILES string of the molecule is CCCCCN(CCC(=O)NO)S(=O)(=O)c1ccc(NC(C)=O)cc1. The Bertz CT molecular complexity index is 674. The number of carbonyl (C=O) groups is 2. The van der Waals surface area contributed by atoms with Crippen LogP contribution in [0.25, 0.3) is 0 Å². The Kier molecular flexibility index (Phi) is 8.53. The van der Waals surface area contributed by atoms with E-state index in [1.54, 1.807) is 0 Å². The molecule has 0 spiro atoms. The van der Waals surface area contributed by atoms with Crippen molar-refractivity contribution in [2.45, 2.75) is 44.4 Å². The summed E-state index contributed by atoms with van der Waals surface area (Å²) in [5.41, 5.74) is 2.01. The number of carbonyl (C=O) groups excluding carboxylic acids is 2. The Hall–Kier alpha value is -1.97. The normalized spacial score (nSPS) is 11.4. The van der Waals surface area contributed by atoms with Gasteiger partial charge in [0.2, 0.25) is 21.8 Å². The maximum absolute atomic E-state index is 12.8. The van der Waals surface area contributed by atoms with Gasteiger partial charge in [0.1, 0.15) is 0 Å². The van der Waals surface area contributed by atoms with E-state index in [0.29, 0.717) is 18.7 Å². The first-order chi connectivity index (χ1) is 11.8. The van der Waals surface area contributed by atoms with Crippen molar-refractivity contribution in [3.63, 3.8) is 0 Å². The molecular formula is C16H25N3O5S. The molecule has 25 heavy (non-hydrogen) atoms. The summed E-state index contributed by atoms with van der Waals surface area (Å²) in [7, 11) is -3.77. The van der Waals surface area contributed by atoms with E-state index in [9.17, 15) is 18.0 Å². The minimum atomic E-state index is -3.77. The van der Waals surface area contributed by atoms with Gasteiger partial charge in [-0.25, -0.2) is 13.9 Å². The van der Waals surface area contributed by atoms with Crippen LogP contribution in [0.15, 0.2) is 29.2 Å². The number of nitrogens with zero attached hydrogens (tertiary/aromatic N) is 1. The molecule has 0 aliphatic rings. The van der Waals surface area contributed by atoms with Gasteiger partial charge in [-0.3, -0.25) is 14.8 Å². The molecule has 140 valence electrons. The number of unbranched alkanes of at least 4 members (excludes halogenated alkanes) is 2. The minimum absolute atomic E-state index is 0.0219. The fourth-order valence-corrected chi connectivity index (χ4v) is 3.71. The summed E-state index contributed by atoms with van der Waals surface area (Å²) in [5.74, 6) is -0.886. The number of rotatable bonds is 10. The predicted molar refractivity (Wildman–Crippen MR) is 93.6 cm³/mol. The van der Waals surface area contributed by atoms with Crippen LogP contribution in [0.5, 0.6) is 0 Å². The molecule has 0 aliphatic heterocycles. The summed E-state index contributed by atoms with van der Waals surface area (Å²) >= 11 is 0. The zero-order chi connectivity index (χ0) is 18.9. The van der Waals surface area contributed by atoms with E-state index in [0.717, 1.165) is 12.8 Å². The molecule has 8 nitrogen and oxygen atoms in total. The van der Waals surface area contributed by atoms with Crippen molar-refractivity contribution in [1.29, 1.82) is 0 Å². The number of hydrogen-bond donors (Lipinski definition) is 3. The lowest BCUT2D eigenvalue weighted by Gasteiger charge is -2.22. The topological polar surface area (TPSA) is 116 Å². The summed E-state index contributed by atoms with van der Waals surface area (Å²) < 4.78 is 26.9. The zero-order valence-corrected chi connectivity index (χ0v) is 15.3. The summed E-state index contributed by atoms with van der Waals surface area (Å²) in [6.07, 6.45) is 2.36. The van der Waals surface area contributed by atoms with Crippen molar-refractivity contribution in [2.24, 2.45) is 0 Å². The molecule has 0 unspecified atom stereocenters. The van der Waals surface area contributed by atoms with Crippen molar-refractivity contribution < 1.29 is 23.2 Å². The lowest BCUT2D eigenvalue weighted by molar-refractivity contribution is -0.129. The van der Waals surface area contributed by atoms with E-state index < -0.39 is 15.9 Å². The van der Waals surface area contributed by atoms with E-state index in [2.05, 4.69) is 5.32 Å². The van der Waals surface area contributed by atoms with E-state index in [4.69, 9.17) is 5.21 Å². The lowest BCUT2D eigenvalue weighted by Crippen LogP contribution is -2.35. The molecule has 1 rings (SSSR count). The van der Waals surface area contributed by atoms with Crippen LogP contribution in [0.3, 0.4) is 0 Å². The second-order valence-corrected chi connectivity index (χ2v) is 7.54. The molecule has 1 aromatic rings. The van der Waals surface area contributed by atoms with Crippen LogP contribution in [0.4, 0.5) is 5.69 Å². The monoisotopic (exact) mass is 371 g/mol. The van der Waals surface area contributed by atoms with Crippen molar-refractivity contribution in [3.8, 4) is 0 Å². The highest BCUT2D eigenvalue weighted by Gasteiger charge is 2.24. The van der Waals surface area contributed by atoms with Crippen LogP contribution in [0.2, 0.25) is 0 Å². The summed E-state index contributed by atoms with van der Waals surface area (Å²) in [5, 5.41) is 11.2. The van der Waals surface area contributed by atoms with Crippen LogP contribution in [-0.2, 0) is 19.6 Å². The second kappa shape index (κ2) is 10.1. The van der Waals surface area contributed by atoms with E-state index in [1.807, 2.05) is 6.92 Å². The van der Waals surface area contributed by atoms with E-state index in [-0.39, 0.29) is 23.8 Å². The third-order valence-corrected chi connectivity index (χ3v) is 5.45. The van der Waals surface area contributed by atoms with Crippen LogP contribution in [0, 0.1) is 0 Å². The molecule has 0 fully saturated rings. The molecule has 0 aromatic heterocycles. The van der Waals surface area contributed by atoms with Gasteiger partial charge in [0.25, 0.3) is 0 Å². The molecular weight excluding hydrogens is 346 g/mol. The molecule has 0 bridgehead atoms. The third-order valence-electron chi connectivity index (χ3n) is 3.54. The van der Waals surface area contributed by atoms with Crippen molar-refractivity contribution in [3.05, 3.63) is 24.3 Å². The van der Waals surface area contributed by atoms with Gasteiger partial charge in [-0.2, -0.15) is 4.31 Å². The molecule has 0 saturated carbocycles. The van der Waals surface area contributed by atoms with Gasteiger partial charge in [-0.05, 0) is 30.7 Å². The molecule has 0 atom stereocenters. The predicted octanol–water partition coefficient (Wildman–Crippen LogP) is 1.72. The van der Waals surface area contributed by atoms with Gasteiger partial charge in [-0.1, -0.05) is 19.8 Å². The molecule has 0 heterocycles.